The van der Waals surface area contributed by atoms with Crippen LogP contribution in [0.2, 0.25) is 0 Å². The number of amides is 1. The van der Waals surface area contributed by atoms with Gasteiger partial charge in [0, 0.05) is 36.6 Å². The quantitative estimate of drug-likeness (QED) is 0.561. The summed E-state index contributed by atoms with van der Waals surface area (Å²) in [7, 11) is 0. The molecular weight excluding hydrogens is 454 g/mol. The highest BCUT2D eigenvalue weighted by Gasteiger charge is 2.43. The van der Waals surface area contributed by atoms with Crippen LogP contribution in [0, 0.1) is 0 Å². The van der Waals surface area contributed by atoms with Gasteiger partial charge in [-0.1, -0.05) is 6.07 Å². The molecule has 1 fully saturated rings. The van der Waals surface area contributed by atoms with Gasteiger partial charge in [0.1, 0.15) is 5.82 Å². The van der Waals surface area contributed by atoms with Crippen molar-refractivity contribution >= 4 is 17.4 Å². The molecule has 1 atom stereocenters. The van der Waals surface area contributed by atoms with Crippen molar-refractivity contribution in [3.05, 3.63) is 59.9 Å². The lowest BCUT2D eigenvalue weighted by Crippen LogP contribution is -2.26. The van der Waals surface area contributed by atoms with Crippen molar-refractivity contribution < 1.29 is 23.0 Å². The summed E-state index contributed by atoms with van der Waals surface area (Å²) in [5, 5.41) is 3.05. The topological polar surface area (TPSA) is 76.6 Å². The Bertz CT molecular complexity index is 1290. The van der Waals surface area contributed by atoms with E-state index in [1.54, 1.807) is 18.3 Å². The number of nitrogens with zero attached hydrogens (tertiary/aromatic N) is 3. The first-order valence-corrected chi connectivity index (χ1v) is 11.9. The van der Waals surface area contributed by atoms with Gasteiger partial charge in [-0.25, -0.2) is 4.98 Å². The maximum Gasteiger partial charge on any atom is 0.586 e. The van der Waals surface area contributed by atoms with Crippen molar-refractivity contribution in [3.63, 3.8) is 0 Å². The molecule has 1 aromatic carbocycles. The number of aromatic nitrogens is 2. The van der Waals surface area contributed by atoms with Crippen LogP contribution in [-0.4, -0.2) is 35.3 Å². The van der Waals surface area contributed by atoms with Crippen molar-refractivity contribution in [2.45, 2.75) is 44.3 Å². The predicted octanol–water partition coefficient (Wildman–Crippen LogP) is 5.12. The first-order chi connectivity index (χ1) is 16.9. The maximum absolute atomic E-state index is 13.4. The lowest BCUT2D eigenvalue weighted by Gasteiger charge is -2.24. The van der Waals surface area contributed by atoms with E-state index in [-0.39, 0.29) is 17.4 Å². The van der Waals surface area contributed by atoms with E-state index in [1.807, 2.05) is 18.2 Å². The van der Waals surface area contributed by atoms with Gasteiger partial charge in [-0.3, -0.25) is 9.78 Å². The van der Waals surface area contributed by atoms with Crippen LogP contribution in [0.4, 0.5) is 20.3 Å². The Balaban J connectivity index is 1.25. The van der Waals surface area contributed by atoms with Crippen LogP contribution in [0.3, 0.4) is 0 Å². The first kappa shape index (κ1) is 21.8. The molecule has 0 spiro atoms. The van der Waals surface area contributed by atoms with Crippen molar-refractivity contribution in [3.8, 4) is 22.8 Å². The molecule has 4 heterocycles. The van der Waals surface area contributed by atoms with E-state index < -0.39 is 12.2 Å². The second-order valence-corrected chi connectivity index (χ2v) is 9.10. The van der Waals surface area contributed by atoms with E-state index >= 15 is 0 Å². The van der Waals surface area contributed by atoms with E-state index in [0.717, 1.165) is 55.8 Å². The molecule has 0 bridgehead atoms. The molecule has 180 valence electrons. The number of hydrogen-bond donors (Lipinski definition) is 1. The van der Waals surface area contributed by atoms with Gasteiger partial charge in [0.25, 0.3) is 0 Å². The smallest absolute Gasteiger partial charge is 0.395 e. The number of ether oxygens (including phenoxy) is 2. The minimum Gasteiger partial charge on any atom is -0.395 e. The fourth-order valence-corrected chi connectivity index (χ4v) is 5.02. The summed E-state index contributed by atoms with van der Waals surface area (Å²) >= 11 is 0. The van der Waals surface area contributed by atoms with Crippen molar-refractivity contribution in [1.82, 2.24) is 9.97 Å². The molecule has 2 aromatic heterocycles. The molecule has 2 aliphatic heterocycles. The Morgan fingerprint density at radius 1 is 1.03 bits per heavy atom. The first-order valence-electron chi connectivity index (χ1n) is 11.9. The van der Waals surface area contributed by atoms with Gasteiger partial charge < -0.3 is 19.7 Å². The number of halogens is 2. The zero-order valence-corrected chi connectivity index (χ0v) is 19.0. The third kappa shape index (κ3) is 4.26. The molecule has 1 unspecified atom stereocenters. The molecule has 3 aliphatic rings. The summed E-state index contributed by atoms with van der Waals surface area (Å²) in [4.78, 5) is 24.8. The van der Waals surface area contributed by atoms with Gasteiger partial charge >= 0.3 is 6.29 Å². The number of rotatable bonds is 4. The van der Waals surface area contributed by atoms with E-state index in [1.165, 1.54) is 12.1 Å². The summed E-state index contributed by atoms with van der Waals surface area (Å²) < 4.78 is 35.9. The molecule has 7 nitrogen and oxygen atoms in total. The number of aryl methyl sites for hydroxylation is 1. The zero-order valence-electron chi connectivity index (χ0n) is 19.0. The SMILES string of the molecule is O=C(Nc1ccnc(N2CCCC2)c1)C1CCCc2ccc(-c3ccc4c(c3)OC(F)(F)O4)nc21. The molecule has 35 heavy (non-hydrogen) atoms. The van der Waals surface area contributed by atoms with Crippen LogP contribution >= 0.6 is 0 Å². The summed E-state index contributed by atoms with van der Waals surface area (Å²) in [5.41, 5.74) is 3.67. The predicted molar refractivity (Wildman–Crippen MR) is 126 cm³/mol. The lowest BCUT2D eigenvalue weighted by molar-refractivity contribution is -0.286. The van der Waals surface area contributed by atoms with Gasteiger partial charge in [0.15, 0.2) is 11.5 Å². The average Bonchev–Trinajstić information content (AvgIpc) is 3.49. The van der Waals surface area contributed by atoms with Crippen LogP contribution in [0.1, 0.15) is 42.9 Å². The highest BCUT2D eigenvalue weighted by Crippen LogP contribution is 2.43. The summed E-state index contributed by atoms with van der Waals surface area (Å²) in [6.07, 6.45) is 2.77. The third-order valence-electron chi connectivity index (χ3n) is 6.74. The van der Waals surface area contributed by atoms with E-state index in [2.05, 4.69) is 24.7 Å². The zero-order chi connectivity index (χ0) is 24.0. The highest BCUT2D eigenvalue weighted by atomic mass is 19.3. The monoisotopic (exact) mass is 478 g/mol. The molecule has 9 heteroatoms. The number of pyridine rings is 2. The van der Waals surface area contributed by atoms with E-state index in [9.17, 15) is 13.6 Å². The number of alkyl halides is 2. The standard InChI is InChI=1S/C26H24F2N4O3/c27-26(28)34-21-9-7-17(14-22(21)35-26)20-8-6-16-4-3-5-19(24(16)31-20)25(33)30-18-10-11-29-23(15-18)32-12-1-2-13-32/h6-11,14-15,19H,1-5,12-13H2,(H,29,30,33). The van der Waals surface area contributed by atoms with Crippen molar-refractivity contribution in [2.75, 3.05) is 23.3 Å². The maximum atomic E-state index is 13.4. The van der Waals surface area contributed by atoms with Crippen LogP contribution in [0.15, 0.2) is 48.7 Å². The van der Waals surface area contributed by atoms with Gasteiger partial charge in [-0.2, -0.15) is 0 Å². The number of carbonyl (C=O) groups excluding carboxylic acids is 1. The number of carbonyl (C=O) groups is 1. The van der Waals surface area contributed by atoms with E-state index in [0.29, 0.717) is 23.4 Å². The Kier molecular flexibility index (Phi) is 5.27. The number of anilines is 2. The van der Waals surface area contributed by atoms with Crippen LogP contribution in [0.5, 0.6) is 11.5 Å². The fraction of sp³-hybridized carbons (Fsp3) is 0.346. The summed E-state index contributed by atoms with van der Waals surface area (Å²) in [6, 6.07) is 12.1. The summed E-state index contributed by atoms with van der Waals surface area (Å²) in [5.74, 6) is 0.311. The molecule has 1 N–H and O–H groups in total. The highest BCUT2D eigenvalue weighted by molar-refractivity contribution is 5.96. The Labute approximate surface area is 201 Å². The molecule has 1 saturated heterocycles. The molecule has 0 radical (unpaired) electrons. The Morgan fingerprint density at radius 2 is 1.86 bits per heavy atom. The second kappa shape index (κ2) is 8.48. The van der Waals surface area contributed by atoms with Gasteiger partial charge in [0.2, 0.25) is 5.91 Å². The molecule has 0 saturated carbocycles. The average molecular weight is 478 g/mol. The number of fused-ring (bicyclic) bond motifs is 2. The largest absolute Gasteiger partial charge is 0.586 e. The van der Waals surface area contributed by atoms with E-state index in [4.69, 9.17) is 4.98 Å². The summed E-state index contributed by atoms with van der Waals surface area (Å²) in [6.45, 7) is 1.95. The normalized spacial score (nSPS) is 19.9. The minimum absolute atomic E-state index is 0.0142. The Morgan fingerprint density at radius 3 is 2.71 bits per heavy atom. The fourth-order valence-electron chi connectivity index (χ4n) is 5.02. The lowest BCUT2D eigenvalue weighted by atomic mass is 9.85. The van der Waals surface area contributed by atoms with Crippen LogP contribution in [-0.2, 0) is 11.2 Å². The number of benzene rings is 1. The second-order valence-electron chi connectivity index (χ2n) is 9.10. The third-order valence-corrected chi connectivity index (χ3v) is 6.74. The molecular formula is C26H24F2N4O3. The van der Waals surface area contributed by atoms with Gasteiger partial charge in [0.05, 0.1) is 17.3 Å². The van der Waals surface area contributed by atoms with Crippen molar-refractivity contribution in [2.24, 2.45) is 0 Å². The van der Waals surface area contributed by atoms with Crippen LogP contribution in [0.25, 0.3) is 11.3 Å². The van der Waals surface area contributed by atoms with Gasteiger partial charge in [-0.05, 0) is 68.0 Å². The molecule has 1 aliphatic carbocycles. The van der Waals surface area contributed by atoms with Crippen LogP contribution < -0.4 is 19.7 Å². The molecule has 6 rings (SSSR count). The van der Waals surface area contributed by atoms with Gasteiger partial charge in [-0.15, -0.1) is 8.78 Å². The molecule has 1 amide bonds. The number of hydrogen-bond acceptors (Lipinski definition) is 6. The number of nitrogens with one attached hydrogen (secondary N) is 1. The Hall–Kier alpha value is -3.75. The minimum atomic E-state index is -3.67. The molecule has 3 aromatic rings. The van der Waals surface area contributed by atoms with Crippen molar-refractivity contribution in [1.29, 1.82) is 0 Å².